The van der Waals surface area contributed by atoms with Crippen molar-refractivity contribution in [3.8, 4) is 5.75 Å². The van der Waals surface area contributed by atoms with Gasteiger partial charge in [-0.25, -0.2) is 0 Å². The summed E-state index contributed by atoms with van der Waals surface area (Å²) >= 11 is 12.6. The zero-order valence-electron chi connectivity index (χ0n) is 26.3. The molecule has 1 fully saturated rings. The number of esters is 1. The highest BCUT2D eigenvalue weighted by molar-refractivity contribution is 6.43. The molecule has 2 heterocycles. The Labute approximate surface area is 267 Å². The van der Waals surface area contributed by atoms with Crippen molar-refractivity contribution in [3.05, 3.63) is 52.0 Å². The van der Waals surface area contributed by atoms with E-state index in [9.17, 15) is 9.59 Å². The Balaban J connectivity index is 1.21. The number of amides is 1. The van der Waals surface area contributed by atoms with Gasteiger partial charge in [0.05, 0.1) is 33.9 Å². The van der Waals surface area contributed by atoms with E-state index in [1.165, 1.54) is 0 Å². The largest absolute Gasteiger partial charge is 0.494 e. The van der Waals surface area contributed by atoms with Crippen LogP contribution in [0.2, 0.25) is 10.0 Å². The Hall–Kier alpha value is -2.48. The van der Waals surface area contributed by atoms with Gasteiger partial charge in [-0.3, -0.25) is 19.4 Å². The number of anilines is 2. The molecule has 0 spiro atoms. The maximum atomic E-state index is 12.8. The molecule has 7 nitrogen and oxygen atoms in total. The highest BCUT2D eigenvalue weighted by Crippen LogP contribution is 2.34. The lowest BCUT2D eigenvalue weighted by atomic mass is 9.80. The van der Waals surface area contributed by atoms with Gasteiger partial charge in [-0.1, -0.05) is 70.0 Å². The lowest BCUT2D eigenvalue weighted by Crippen LogP contribution is -2.46. The van der Waals surface area contributed by atoms with Gasteiger partial charge in [0.15, 0.2) is 6.73 Å². The smallest absolute Gasteiger partial charge is 0.310 e. The highest BCUT2D eigenvalue weighted by atomic mass is 35.5. The number of aryl methyl sites for hydroxylation is 1. The van der Waals surface area contributed by atoms with Crippen LogP contribution in [0.1, 0.15) is 65.9 Å². The third-order valence-electron chi connectivity index (χ3n) is 8.53. The molecule has 43 heavy (non-hydrogen) atoms. The van der Waals surface area contributed by atoms with Crippen LogP contribution in [0.4, 0.5) is 11.4 Å². The molecule has 2 aromatic rings. The summed E-state index contributed by atoms with van der Waals surface area (Å²) in [6.45, 7) is 15.9. The summed E-state index contributed by atoms with van der Waals surface area (Å²) in [4.78, 5) is 32.0. The number of unbranched alkanes of at least 4 members (excludes halogenated alkanes) is 1. The molecule has 9 heteroatoms. The summed E-state index contributed by atoms with van der Waals surface area (Å²) < 4.78 is 11.8. The SMILES string of the molecule is CC(CC(C)(C)C)C(C)C(=O)OCN1C(=O)CCc2ccc(OCCCCN3CCN(c4cccc(Cl)c4Cl)CC3)cc21. The summed E-state index contributed by atoms with van der Waals surface area (Å²) in [6.07, 6.45) is 3.97. The number of nitrogens with zero attached hydrogens (tertiary/aromatic N) is 3. The number of carbonyl (C=O) groups is 2. The first-order chi connectivity index (χ1) is 20.4. The second kappa shape index (κ2) is 15.0. The fraction of sp³-hybridized carbons (Fsp3) is 0.588. The average molecular weight is 633 g/mol. The van der Waals surface area contributed by atoms with Crippen LogP contribution in [0.15, 0.2) is 36.4 Å². The maximum absolute atomic E-state index is 12.8. The van der Waals surface area contributed by atoms with Crippen LogP contribution in [0.5, 0.6) is 5.75 Å². The summed E-state index contributed by atoms with van der Waals surface area (Å²) in [7, 11) is 0. The summed E-state index contributed by atoms with van der Waals surface area (Å²) in [5.74, 6) is 0.376. The van der Waals surface area contributed by atoms with Gasteiger partial charge in [0.25, 0.3) is 0 Å². The van der Waals surface area contributed by atoms with Crippen LogP contribution in [0.25, 0.3) is 0 Å². The summed E-state index contributed by atoms with van der Waals surface area (Å²) in [5.41, 5.74) is 2.98. The van der Waals surface area contributed by atoms with Crippen molar-refractivity contribution in [3.63, 3.8) is 0 Å². The molecule has 1 amide bonds. The Bertz CT molecular complexity index is 1260. The van der Waals surface area contributed by atoms with Crippen molar-refractivity contribution < 1.29 is 19.1 Å². The van der Waals surface area contributed by atoms with E-state index >= 15 is 0 Å². The number of fused-ring (bicyclic) bond motifs is 1. The normalized spacial score (nSPS) is 17.4. The van der Waals surface area contributed by atoms with E-state index in [0.717, 1.165) is 74.7 Å². The first-order valence-electron chi connectivity index (χ1n) is 15.6. The molecule has 2 atom stereocenters. The molecule has 2 aromatic carbocycles. The maximum Gasteiger partial charge on any atom is 0.310 e. The minimum Gasteiger partial charge on any atom is -0.494 e. The molecule has 0 radical (unpaired) electrons. The Morgan fingerprint density at radius 2 is 1.72 bits per heavy atom. The molecular formula is C34H47Cl2N3O4. The van der Waals surface area contributed by atoms with Gasteiger partial charge in [-0.15, -0.1) is 0 Å². The molecule has 0 saturated carbocycles. The summed E-state index contributed by atoms with van der Waals surface area (Å²) in [5, 5.41) is 1.22. The highest BCUT2D eigenvalue weighted by Gasteiger charge is 2.29. The fourth-order valence-corrected chi connectivity index (χ4v) is 6.37. The molecule has 2 aliphatic rings. The van der Waals surface area contributed by atoms with E-state index in [-0.39, 0.29) is 35.9 Å². The first kappa shape index (κ1) is 33.4. The average Bonchev–Trinajstić information content (AvgIpc) is 2.97. The molecule has 0 bridgehead atoms. The molecule has 1 saturated heterocycles. The third kappa shape index (κ3) is 9.26. The molecule has 0 aliphatic carbocycles. The lowest BCUT2D eigenvalue weighted by Gasteiger charge is -2.36. The predicted octanol–water partition coefficient (Wildman–Crippen LogP) is 7.46. The van der Waals surface area contributed by atoms with Crippen LogP contribution < -0.4 is 14.5 Å². The van der Waals surface area contributed by atoms with Gasteiger partial charge in [0, 0.05) is 38.7 Å². The number of benzene rings is 2. The number of rotatable bonds is 12. The molecule has 0 aromatic heterocycles. The molecule has 4 rings (SSSR count). The van der Waals surface area contributed by atoms with E-state index in [4.69, 9.17) is 32.7 Å². The van der Waals surface area contributed by atoms with Gasteiger partial charge in [-0.05, 0) is 67.3 Å². The van der Waals surface area contributed by atoms with Crippen LogP contribution >= 0.6 is 23.2 Å². The number of halogens is 2. The van der Waals surface area contributed by atoms with Crippen molar-refractivity contribution >= 4 is 46.5 Å². The zero-order valence-corrected chi connectivity index (χ0v) is 27.8. The first-order valence-corrected chi connectivity index (χ1v) is 16.3. The van der Waals surface area contributed by atoms with E-state index in [0.29, 0.717) is 29.5 Å². The van der Waals surface area contributed by atoms with E-state index in [2.05, 4.69) is 37.5 Å². The minimum absolute atomic E-state index is 0.0365. The van der Waals surface area contributed by atoms with Gasteiger partial charge in [0.2, 0.25) is 5.91 Å². The van der Waals surface area contributed by atoms with Crippen LogP contribution in [-0.2, 0) is 20.7 Å². The van der Waals surface area contributed by atoms with Crippen molar-refractivity contribution in [1.29, 1.82) is 0 Å². The van der Waals surface area contributed by atoms with E-state index < -0.39 is 0 Å². The van der Waals surface area contributed by atoms with Gasteiger partial charge < -0.3 is 14.4 Å². The number of carbonyl (C=O) groups excluding carboxylic acids is 2. The van der Waals surface area contributed by atoms with Gasteiger partial charge >= 0.3 is 5.97 Å². The third-order valence-corrected chi connectivity index (χ3v) is 9.34. The molecule has 2 aliphatic heterocycles. The quantitative estimate of drug-likeness (QED) is 0.179. The standard InChI is InChI=1S/C34H47Cl2N3O4/c1-24(22-34(3,4)5)25(2)33(41)43-23-39-30-21-27(13-11-26(30)12-14-31(39)40)42-20-7-6-15-37-16-18-38(19-17-37)29-10-8-9-28(35)32(29)36/h8-11,13,21,24-25H,6-7,12,14-20,22-23H2,1-5H3. The molecule has 0 N–H and O–H groups in total. The monoisotopic (exact) mass is 631 g/mol. The molecular weight excluding hydrogens is 585 g/mol. The zero-order chi connectivity index (χ0) is 31.1. The molecule has 236 valence electrons. The Kier molecular flexibility index (Phi) is 11.7. The molecule has 2 unspecified atom stereocenters. The predicted molar refractivity (Wildman–Crippen MR) is 175 cm³/mol. The Morgan fingerprint density at radius 1 is 0.977 bits per heavy atom. The second-order valence-corrected chi connectivity index (χ2v) is 14.0. The van der Waals surface area contributed by atoms with Crippen molar-refractivity contribution in [2.75, 3.05) is 55.9 Å². The van der Waals surface area contributed by atoms with Gasteiger partial charge in [-0.2, -0.15) is 0 Å². The van der Waals surface area contributed by atoms with Crippen molar-refractivity contribution in [1.82, 2.24) is 4.90 Å². The van der Waals surface area contributed by atoms with Crippen LogP contribution in [0.3, 0.4) is 0 Å². The van der Waals surface area contributed by atoms with Crippen molar-refractivity contribution in [2.45, 2.75) is 66.7 Å². The van der Waals surface area contributed by atoms with E-state index in [1.54, 1.807) is 4.90 Å². The fourth-order valence-electron chi connectivity index (χ4n) is 5.96. The second-order valence-electron chi connectivity index (χ2n) is 13.2. The minimum atomic E-state index is -0.265. The van der Waals surface area contributed by atoms with Crippen LogP contribution in [0, 0.1) is 17.3 Å². The number of ether oxygens (including phenoxy) is 2. The summed E-state index contributed by atoms with van der Waals surface area (Å²) in [6, 6.07) is 11.7. The topological polar surface area (TPSA) is 62.3 Å². The van der Waals surface area contributed by atoms with E-state index in [1.807, 2.05) is 43.3 Å². The number of hydrogen-bond donors (Lipinski definition) is 0. The van der Waals surface area contributed by atoms with Crippen LogP contribution in [-0.4, -0.2) is 62.8 Å². The Morgan fingerprint density at radius 3 is 2.44 bits per heavy atom. The number of piperazine rings is 1. The van der Waals surface area contributed by atoms with Crippen molar-refractivity contribution in [2.24, 2.45) is 17.3 Å². The van der Waals surface area contributed by atoms with Gasteiger partial charge in [0.1, 0.15) is 5.75 Å². The lowest BCUT2D eigenvalue weighted by molar-refractivity contribution is -0.150. The number of hydrogen-bond acceptors (Lipinski definition) is 6.